The molecule has 1 heterocycles. The second-order valence-corrected chi connectivity index (χ2v) is 4.40. The number of carbonyl (C=O) groups excluding carboxylic acids is 1. The van der Waals surface area contributed by atoms with Crippen LogP contribution in [0.3, 0.4) is 0 Å². The van der Waals surface area contributed by atoms with Crippen molar-refractivity contribution in [3.63, 3.8) is 0 Å². The van der Waals surface area contributed by atoms with Crippen LogP contribution in [0.2, 0.25) is 0 Å². The second-order valence-electron chi connectivity index (χ2n) is 4.40. The first-order chi connectivity index (χ1) is 10.1. The molecule has 1 amide bonds. The molecule has 21 heavy (non-hydrogen) atoms. The Balaban J connectivity index is 1.86. The largest absolute Gasteiger partial charge is 0.384 e. The summed E-state index contributed by atoms with van der Waals surface area (Å²) in [6.07, 6.45) is 2.06. The first-order valence-corrected chi connectivity index (χ1v) is 6.29. The summed E-state index contributed by atoms with van der Waals surface area (Å²) in [4.78, 5) is 25.8. The highest BCUT2D eigenvalue weighted by atomic mass is 16.6. The number of anilines is 1. The van der Waals surface area contributed by atoms with Crippen molar-refractivity contribution >= 4 is 17.4 Å². The molecule has 7 nitrogen and oxygen atoms in total. The van der Waals surface area contributed by atoms with E-state index < -0.39 is 4.92 Å². The zero-order valence-electron chi connectivity index (χ0n) is 11.2. The van der Waals surface area contributed by atoms with Crippen LogP contribution in [0.15, 0.2) is 42.6 Å². The highest BCUT2D eigenvalue weighted by molar-refractivity contribution is 5.94. The molecule has 7 heteroatoms. The Bertz CT molecular complexity index is 656. The van der Waals surface area contributed by atoms with Crippen LogP contribution in [0.25, 0.3) is 0 Å². The van der Waals surface area contributed by atoms with Crippen LogP contribution < -0.4 is 11.1 Å². The zero-order chi connectivity index (χ0) is 15.2. The van der Waals surface area contributed by atoms with Gasteiger partial charge in [0.15, 0.2) is 0 Å². The molecule has 0 fully saturated rings. The number of hydrogen-bond donors (Lipinski definition) is 2. The Morgan fingerprint density at radius 1 is 1.29 bits per heavy atom. The number of non-ortho nitro benzene ring substituents is 1. The summed E-state index contributed by atoms with van der Waals surface area (Å²) >= 11 is 0. The number of nitrogen functional groups attached to an aromatic ring is 1. The fraction of sp³-hybridized carbons (Fsp3) is 0.143. The highest BCUT2D eigenvalue weighted by Crippen LogP contribution is 2.12. The molecule has 1 aromatic heterocycles. The van der Waals surface area contributed by atoms with Gasteiger partial charge < -0.3 is 11.1 Å². The number of nitro groups is 1. The van der Waals surface area contributed by atoms with Crippen LogP contribution in [0.1, 0.15) is 15.9 Å². The topological polar surface area (TPSA) is 111 Å². The molecule has 1 aromatic carbocycles. The van der Waals surface area contributed by atoms with E-state index in [-0.39, 0.29) is 17.4 Å². The van der Waals surface area contributed by atoms with Crippen LogP contribution >= 0.6 is 0 Å². The van der Waals surface area contributed by atoms with Crippen LogP contribution in [0.5, 0.6) is 0 Å². The van der Waals surface area contributed by atoms with Crippen LogP contribution in [0.4, 0.5) is 11.5 Å². The van der Waals surface area contributed by atoms with Gasteiger partial charge in [0.2, 0.25) is 0 Å². The first kappa shape index (κ1) is 14.4. The molecular formula is C14H14N4O3. The van der Waals surface area contributed by atoms with Gasteiger partial charge >= 0.3 is 0 Å². The predicted octanol–water partition coefficient (Wildman–Crippen LogP) is 1.54. The smallest absolute Gasteiger partial charge is 0.269 e. The van der Waals surface area contributed by atoms with E-state index >= 15 is 0 Å². The van der Waals surface area contributed by atoms with E-state index in [1.165, 1.54) is 24.4 Å². The molecule has 0 saturated carbocycles. The number of nitrogens with two attached hydrogens (primary N) is 1. The number of carbonyl (C=O) groups is 1. The van der Waals surface area contributed by atoms with Crippen molar-refractivity contribution in [1.29, 1.82) is 0 Å². The van der Waals surface area contributed by atoms with Gasteiger partial charge in [-0.15, -0.1) is 0 Å². The number of nitrogens with zero attached hydrogens (tertiary/aromatic N) is 2. The van der Waals surface area contributed by atoms with Gasteiger partial charge in [-0.2, -0.15) is 0 Å². The number of aromatic nitrogens is 1. The Morgan fingerprint density at radius 2 is 2.00 bits per heavy atom. The van der Waals surface area contributed by atoms with E-state index in [9.17, 15) is 14.9 Å². The summed E-state index contributed by atoms with van der Waals surface area (Å²) in [5.74, 6) is 0.0593. The van der Waals surface area contributed by atoms with E-state index in [1.807, 2.05) is 0 Å². The fourth-order valence-electron chi connectivity index (χ4n) is 1.80. The zero-order valence-corrected chi connectivity index (χ0v) is 11.2. The van der Waals surface area contributed by atoms with Crippen LogP contribution in [-0.2, 0) is 6.42 Å². The van der Waals surface area contributed by atoms with Gasteiger partial charge in [-0.05, 0) is 24.1 Å². The molecule has 108 valence electrons. The van der Waals surface area contributed by atoms with Crippen molar-refractivity contribution in [1.82, 2.24) is 10.3 Å². The van der Waals surface area contributed by atoms with E-state index in [4.69, 9.17) is 5.73 Å². The van der Waals surface area contributed by atoms with Gasteiger partial charge in [0.05, 0.1) is 4.92 Å². The Hall–Kier alpha value is -2.96. The fourth-order valence-corrected chi connectivity index (χ4v) is 1.80. The predicted molar refractivity (Wildman–Crippen MR) is 77.8 cm³/mol. The molecule has 2 rings (SSSR count). The van der Waals surface area contributed by atoms with Gasteiger partial charge in [0.1, 0.15) is 5.82 Å². The Morgan fingerprint density at radius 3 is 2.62 bits per heavy atom. The van der Waals surface area contributed by atoms with Gasteiger partial charge in [-0.25, -0.2) is 4.98 Å². The van der Waals surface area contributed by atoms with E-state index in [0.717, 1.165) is 5.56 Å². The third-order valence-corrected chi connectivity index (χ3v) is 2.89. The monoisotopic (exact) mass is 286 g/mol. The molecule has 0 aliphatic rings. The SMILES string of the molecule is Nc1cc(C(=O)NCCc2ccc([N+](=O)[O-])cc2)ccn1. The normalized spacial score (nSPS) is 10.1. The summed E-state index contributed by atoms with van der Waals surface area (Å²) in [6, 6.07) is 9.32. The lowest BCUT2D eigenvalue weighted by molar-refractivity contribution is -0.384. The number of hydrogen-bond acceptors (Lipinski definition) is 5. The Kier molecular flexibility index (Phi) is 4.45. The molecule has 0 spiro atoms. The molecule has 2 aromatic rings. The molecule has 0 atom stereocenters. The maximum absolute atomic E-state index is 11.8. The number of benzene rings is 1. The van der Waals surface area contributed by atoms with Gasteiger partial charge in [0.25, 0.3) is 11.6 Å². The maximum Gasteiger partial charge on any atom is 0.269 e. The minimum atomic E-state index is -0.445. The van der Waals surface area contributed by atoms with Crippen molar-refractivity contribution in [2.75, 3.05) is 12.3 Å². The van der Waals surface area contributed by atoms with Crippen molar-refractivity contribution < 1.29 is 9.72 Å². The van der Waals surface area contributed by atoms with Gasteiger partial charge in [0, 0.05) is 30.4 Å². The van der Waals surface area contributed by atoms with Gasteiger partial charge in [-0.1, -0.05) is 12.1 Å². The quantitative estimate of drug-likeness (QED) is 0.639. The molecule has 0 unspecified atom stereocenters. The van der Waals surface area contributed by atoms with Crippen LogP contribution in [-0.4, -0.2) is 22.4 Å². The lowest BCUT2D eigenvalue weighted by atomic mass is 10.1. The summed E-state index contributed by atoms with van der Waals surface area (Å²) in [5, 5.41) is 13.3. The first-order valence-electron chi connectivity index (χ1n) is 6.29. The van der Waals surface area contributed by atoms with E-state index in [1.54, 1.807) is 18.2 Å². The number of pyridine rings is 1. The molecule has 3 N–H and O–H groups in total. The lowest BCUT2D eigenvalue weighted by Crippen LogP contribution is -2.25. The standard InChI is InChI=1S/C14H14N4O3/c15-13-9-11(6-8-16-13)14(19)17-7-5-10-1-3-12(4-2-10)18(20)21/h1-4,6,8-9H,5,7H2,(H2,15,16)(H,17,19). The van der Waals surface area contributed by atoms with Gasteiger partial charge in [-0.3, -0.25) is 14.9 Å². The van der Waals surface area contributed by atoms with Crippen molar-refractivity contribution in [3.8, 4) is 0 Å². The van der Waals surface area contributed by atoms with E-state index in [0.29, 0.717) is 18.5 Å². The molecule has 0 saturated heterocycles. The average Bonchev–Trinajstić information content (AvgIpc) is 2.47. The van der Waals surface area contributed by atoms with E-state index in [2.05, 4.69) is 10.3 Å². The number of nitro benzene ring substituents is 1. The minimum Gasteiger partial charge on any atom is -0.384 e. The number of amides is 1. The van der Waals surface area contributed by atoms with Crippen LogP contribution in [0, 0.1) is 10.1 Å². The second kappa shape index (κ2) is 6.47. The average molecular weight is 286 g/mol. The third kappa shape index (κ3) is 4.00. The highest BCUT2D eigenvalue weighted by Gasteiger charge is 2.06. The molecule has 0 bridgehead atoms. The summed E-state index contributed by atoms with van der Waals surface area (Å²) in [5.41, 5.74) is 6.92. The summed E-state index contributed by atoms with van der Waals surface area (Å²) in [6.45, 7) is 0.429. The number of nitrogens with one attached hydrogen (secondary N) is 1. The molecule has 0 aliphatic carbocycles. The summed E-state index contributed by atoms with van der Waals surface area (Å²) < 4.78 is 0. The minimum absolute atomic E-state index is 0.0510. The lowest BCUT2D eigenvalue weighted by Gasteiger charge is -2.05. The Labute approximate surface area is 121 Å². The third-order valence-electron chi connectivity index (χ3n) is 2.89. The summed E-state index contributed by atoms with van der Waals surface area (Å²) in [7, 11) is 0. The molecular weight excluding hydrogens is 272 g/mol. The number of rotatable bonds is 5. The molecule has 0 radical (unpaired) electrons. The van der Waals surface area contributed by atoms with Crippen molar-refractivity contribution in [2.45, 2.75) is 6.42 Å². The maximum atomic E-state index is 11.8. The van der Waals surface area contributed by atoms with Crippen molar-refractivity contribution in [3.05, 3.63) is 63.8 Å². The van der Waals surface area contributed by atoms with Crippen molar-refractivity contribution in [2.24, 2.45) is 0 Å². The molecule has 0 aliphatic heterocycles.